The zero-order valence-electron chi connectivity index (χ0n) is 10.7. The van der Waals surface area contributed by atoms with Crippen molar-refractivity contribution >= 4 is 28.6 Å². The maximum Gasteiger partial charge on any atom is 0.340 e. The number of nitrogens with zero attached hydrogens (tertiary/aromatic N) is 1. The summed E-state index contributed by atoms with van der Waals surface area (Å²) < 4.78 is 6.48. The van der Waals surface area contributed by atoms with Crippen LogP contribution < -0.4 is 0 Å². The quantitative estimate of drug-likeness (QED) is 0.549. The van der Waals surface area contributed by atoms with E-state index in [-0.39, 0.29) is 5.78 Å². The van der Waals surface area contributed by atoms with E-state index in [0.29, 0.717) is 21.7 Å². The van der Waals surface area contributed by atoms with Crippen molar-refractivity contribution in [2.45, 2.75) is 0 Å². The number of carbonyl (C=O) groups excluding carboxylic acids is 2. The van der Waals surface area contributed by atoms with Gasteiger partial charge in [0.15, 0.2) is 0 Å². The van der Waals surface area contributed by atoms with Crippen LogP contribution in [0.25, 0.3) is 5.52 Å². The molecule has 0 bridgehead atoms. The Balaban J connectivity index is 2.21. The Morgan fingerprint density at radius 1 is 1.20 bits per heavy atom. The van der Waals surface area contributed by atoms with Gasteiger partial charge in [-0.1, -0.05) is 12.1 Å². The topological polar surface area (TPSA) is 47.8 Å². The van der Waals surface area contributed by atoms with E-state index in [1.54, 1.807) is 28.8 Å². The molecule has 0 aromatic carbocycles. The summed E-state index contributed by atoms with van der Waals surface area (Å²) in [5.74, 6) is -0.546. The molecule has 0 aliphatic rings. The number of methoxy groups -OCH3 is 1. The summed E-state index contributed by atoms with van der Waals surface area (Å²) in [5.41, 5.74) is 1.52. The monoisotopic (exact) mass is 285 g/mol. The van der Waals surface area contributed by atoms with Crippen LogP contribution in [0.1, 0.15) is 25.7 Å². The van der Waals surface area contributed by atoms with Gasteiger partial charge >= 0.3 is 5.97 Å². The maximum atomic E-state index is 12.5. The van der Waals surface area contributed by atoms with Crippen molar-refractivity contribution in [1.82, 2.24) is 4.40 Å². The van der Waals surface area contributed by atoms with Crippen LogP contribution in [0.2, 0.25) is 0 Å². The van der Waals surface area contributed by atoms with Gasteiger partial charge in [0, 0.05) is 6.20 Å². The maximum absolute atomic E-state index is 12.5. The minimum atomic E-state index is -0.445. The second-order valence-electron chi connectivity index (χ2n) is 4.20. The molecular formula is C15H11NO3S. The van der Waals surface area contributed by atoms with Gasteiger partial charge in [0.05, 0.1) is 28.8 Å². The van der Waals surface area contributed by atoms with Crippen LogP contribution in [-0.2, 0) is 4.74 Å². The molecule has 5 heteroatoms. The second kappa shape index (κ2) is 4.94. The van der Waals surface area contributed by atoms with Gasteiger partial charge in [-0.15, -0.1) is 11.3 Å². The summed E-state index contributed by atoms with van der Waals surface area (Å²) in [7, 11) is 1.33. The van der Waals surface area contributed by atoms with Crippen molar-refractivity contribution in [1.29, 1.82) is 0 Å². The molecule has 3 aromatic rings. The number of fused-ring (bicyclic) bond motifs is 1. The van der Waals surface area contributed by atoms with Gasteiger partial charge in [0.2, 0.25) is 5.78 Å². The van der Waals surface area contributed by atoms with E-state index in [9.17, 15) is 9.59 Å². The van der Waals surface area contributed by atoms with Crippen LogP contribution in [0.4, 0.5) is 0 Å². The minimum Gasteiger partial charge on any atom is -0.465 e. The summed E-state index contributed by atoms with van der Waals surface area (Å²) in [6.45, 7) is 0. The first kappa shape index (κ1) is 12.6. The summed E-state index contributed by atoms with van der Waals surface area (Å²) in [5, 5.41) is 1.85. The molecule has 0 amide bonds. The van der Waals surface area contributed by atoms with Crippen molar-refractivity contribution in [2.75, 3.05) is 7.11 Å². The van der Waals surface area contributed by atoms with Gasteiger partial charge in [0.25, 0.3) is 0 Å². The number of esters is 1. The van der Waals surface area contributed by atoms with Crippen molar-refractivity contribution in [3.8, 4) is 0 Å². The average molecular weight is 285 g/mol. The van der Waals surface area contributed by atoms with E-state index < -0.39 is 5.97 Å². The van der Waals surface area contributed by atoms with Gasteiger partial charge in [-0.25, -0.2) is 4.79 Å². The third-order valence-corrected chi connectivity index (χ3v) is 3.93. The highest BCUT2D eigenvalue weighted by atomic mass is 32.1. The number of rotatable bonds is 3. The lowest BCUT2D eigenvalue weighted by Gasteiger charge is -2.00. The molecular weight excluding hydrogens is 274 g/mol. The van der Waals surface area contributed by atoms with Gasteiger partial charge < -0.3 is 9.14 Å². The highest BCUT2D eigenvalue weighted by Gasteiger charge is 2.20. The second-order valence-corrected chi connectivity index (χ2v) is 5.14. The first-order valence-corrected chi connectivity index (χ1v) is 6.87. The van der Waals surface area contributed by atoms with Gasteiger partial charge in [-0.05, 0) is 29.6 Å². The number of ether oxygens (including phenoxy) is 1. The first-order valence-electron chi connectivity index (χ1n) is 5.99. The molecule has 100 valence electrons. The van der Waals surface area contributed by atoms with Crippen LogP contribution in [0, 0.1) is 0 Å². The largest absolute Gasteiger partial charge is 0.465 e. The highest BCUT2D eigenvalue weighted by molar-refractivity contribution is 7.12. The van der Waals surface area contributed by atoms with Crippen LogP contribution in [0.3, 0.4) is 0 Å². The molecule has 0 spiro atoms. The number of carbonyl (C=O) groups is 2. The molecule has 4 nitrogen and oxygen atoms in total. The molecule has 0 atom stereocenters. The molecule has 0 saturated heterocycles. The fourth-order valence-electron chi connectivity index (χ4n) is 2.14. The Kier molecular flexibility index (Phi) is 3.12. The van der Waals surface area contributed by atoms with E-state index in [4.69, 9.17) is 4.74 Å². The van der Waals surface area contributed by atoms with Gasteiger partial charge in [-0.3, -0.25) is 4.79 Å². The van der Waals surface area contributed by atoms with Crippen LogP contribution in [-0.4, -0.2) is 23.3 Å². The molecule has 0 unspecified atom stereocenters. The molecule has 3 aromatic heterocycles. The lowest BCUT2D eigenvalue weighted by atomic mass is 10.2. The molecule has 0 aliphatic heterocycles. The van der Waals surface area contributed by atoms with Crippen molar-refractivity contribution in [3.63, 3.8) is 0 Å². The van der Waals surface area contributed by atoms with Crippen molar-refractivity contribution in [2.24, 2.45) is 0 Å². The fraction of sp³-hybridized carbons (Fsp3) is 0.0667. The molecule has 0 N–H and O–H groups in total. The lowest BCUT2D eigenvalue weighted by molar-refractivity contribution is 0.0603. The summed E-state index contributed by atoms with van der Waals surface area (Å²) in [4.78, 5) is 24.9. The average Bonchev–Trinajstić information content (AvgIpc) is 3.13. The Bertz CT molecular complexity index is 787. The molecule has 0 fully saturated rings. The highest BCUT2D eigenvalue weighted by Crippen LogP contribution is 2.22. The molecule has 3 heterocycles. The zero-order chi connectivity index (χ0) is 14.1. The number of ketones is 1. The number of pyridine rings is 1. The fourth-order valence-corrected chi connectivity index (χ4v) is 2.81. The molecule has 3 rings (SSSR count). The van der Waals surface area contributed by atoms with Crippen LogP contribution in [0.5, 0.6) is 0 Å². The Hall–Kier alpha value is -2.40. The van der Waals surface area contributed by atoms with Gasteiger partial charge in [0.1, 0.15) is 0 Å². The predicted octanol–water partition coefficient (Wildman–Crippen LogP) is 3.02. The van der Waals surface area contributed by atoms with E-state index >= 15 is 0 Å². The predicted molar refractivity (Wildman–Crippen MR) is 76.5 cm³/mol. The van der Waals surface area contributed by atoms with Crippen molar-refractivity contribution in [3.05, 3.63) is 64.1 Å². The number of aromatic nitrogens is 1. The number of hydrogen-bond acceptors (Lipinski definition) is 4. The zero-order valence-corrected chi connectivity index (χ0v) is 11.5. The Labute approximate surface area is 119 Å². The smallest absolute Gasteiger partial charge is 0.340 e. The van der Waals surface area contributed by atoms with Crippen LogP contribution >= 0.6 is 11.3 Å². The molecule has 20 heavy (non-hydrogen) atoms. The third kappa shape index (κ3) is 1.92. The van der Waals surface area contributed by atoms with Crippen LogP contribution in [0.15, 0.2) is 48.0 Å². The molecule has 0 aliphatic carbocycles. The standard InChI is InChI=1S/C15H11NO3S/c1-19-15(18)10-9-12(14(17)13-6-4-8-20-13)16-7-3-2-5-11(10)16/h2-9H,1H3. The van der Waals surface area contributed by atoms with E-state index in [1.807, 2.05) is 23.6 Å². The Morgan fingerprint density at radius 3 is 2.75 bits per heavy atom. The first-order chi connectivity index (χ1) is 9.72. The molecule has 0 saturated carbocycles. The summed E-state index contributed by atoms with van der Waals surface area (Å²) >= 11 is 1.38. The summed E-state index contributed by atoms with van der Waals surface area (Å²) in [6, 6.07) is 10.6. The normalized spacial score (nSPS) is 10.7. The lowest BCUT2D eigenvalue weighted by Crippen LogP contribution is -2.02. The van der Waals surface area contributed by atoms with E-state index in [0.717, 1.165) is 0 Å². The SMILES string of the molecule is COC(=O)c1cc(C(=O)c2cccs2)n2ccccc12. The molecule has 0 radical (unpaired) electrons. The van der Waals surface area contributed by atoms with Crippen molar-refractivity contribution < 1.29 is 14.3 Å². The Morgan fingerprint density at radius 2 is 2.05 bits per heavy atom. The third-order valence-electron chi connectivity index (χ3n) is 3.06. The van der Waals surface area contributed by atoms with E-state index in [2.05, 4.69) is 0 Å². The minimum absolute atomic E-state index is 0.101. The number of hydrogen-bond donors (Lipinski definition) is 0. The number of thiophene rings is 1. The van der Waals surface area contributed by atoms with E-state index in [1.165, 1.54) is 18.4 Å². The van der Waals surface area contributed by atoms with Gasteiger partial charge in [-0.2, -0.15) is 0 Å². The summed E-state index contributed by atoms with van der Waals surface area (Å²) in [6.07, 6.45) is 1.77.